The third-order valence-corrected chi connectivity index (χ3v) is 3.74. The zero-order valence-electron chi connectivity index (χ0n) is 14.9. The molecule has 5 heteroatoms. The van der Waals surface area contributed by atoms with Crippen molar-refractivity contribution in [3.63, 3.8) is 0 Å². The summed E-state index contributed by atoms with van der Waals surface area (Å²) in [5.41, 5.74) is 0.663. The fourth-order valence-corrected chi connectivity index (χ4v) is 2.33. The van der Waals surface area contributed by atoms with E-state index in [0.717, 1.165) is 18.6 Å². The summed E-state index contributed by atoms with van der Waals surface area (Å²) >= 11 is 0. The first-order valence-electron chi connectivity index (χ1n) is 8.74. The van der Waals surface area contributed by atoms with Gasteiger partial charge in [0.25, 0.3) is 0 Å². The van der Waals surface area contributed by atoms with Gasteiger partial charge in [0.1, 0.15) is 5.75 Å². The molecule has 0 saturated heterocycles. The van der Waals surface area contributed by atoms with Crippen LogP contribution in [0.3, 0.4) is 0 Å². The van der Waals surface area contributed by atoms with Gasteiger partial charge in [-0.05, 0) is 42.3 Å². The summed E-state index contributed by atoms with van der Waals surface area (Å²) in [6.07, 6.45) is 5.98. The van der Waals surface area contributed by atoms with E-state index in [1.54, 1.807) is 36.4 Å². The topological polar surface area (TPSA) is 76.0 Å². The van der Waals surface area contributed by atoms with Crippen molar-refractivity contribution >= 4 is 12.0 Å². The van der Waals surface area contributed by atoms with Gasteiger partial charge in [0.05, 0.1) is 6.61 Å². The van der Waals surface area contributed by atoms with E-state index >= 15 is 0 Å². The number of carbonyl (C=O) groups is 1. The smallest absolute Gasteiger partial charge is 0.371 e. The third kappa shape index (κ3) is 6.16. The Labute approximate surface area is 153 Å². The van der Waals surface area contributed by atoms with Crippen molar-refractivity contribution in [1.82, 2.24) is 0 Å². The molecule has 5 nitrogen and oxygen atoms in total. The van der Waals surface area contributed by atoms with Gasteiger partial charge in [0.2, 0.25) is 5.76 Å². The van der Waals surface area contributed by atoms with Crippen LogP contribution in [0.1, 0.15) is 38.2 Å². The van der Waals surface area contributed by atoms with E-state index < -0.39 is 5.97 Å². The van der Waals surface area contributed by atoms with Crippen molar-refractivity contribution in [3.05, 3.63) is 59.9 Å². The molecule has 2 aromatic rings. The molecule has 2 rings (SSSR count). The molecule has 0 saturated carbocycles. The van der Waals surface area contributed by atoms with E-state index in [0.29, 0.717) is 12.2 Å². The molecule has 0 atom stereocenters. The molecule has 0 heterocycles. The van der Waals surface area contributed by atoms with E-state index in [4.69, 9.17) is 9.47 Å². The highest BCUT2D eigenvalue weighted by Crippen LogP contribution is 2.27. The van der Waals surface area contributed by atoms with Crippen LogP contribution < -0.4 is 9.47 Å². The molecule has 0 unspecified atom stereocenters. The van der Waals surface area contributed by atoms with E-state index in [2.05, 4.69) is 6.92 Å². The number of carboxylic acid groups (broad SMARTS) is 1. The third-order valence-electron chi connectivity index (χ3n) is 3.74. The summed E-state index contributed by atoms with van der Waals surface area (Å²) in [5.74, 6) is -0.777. The monoisotopic (exact) mass is 356 g/mol. The summed E-state index contributed by atoms with van der Waals surface area (Å²) in [7, 11) is 0. The van der Waals surface area contributed by atoms with Gasteiger partial charge in [-0.2, -0.15) is 0 Å². The van der Waals surface area contributed by atoms with Gasteiger partial charge in [-0.15, -0.1) is 0 Å². The highest BCUT2D eigenvalue weighted by atomic mass is 16.5. The molecule has 2 N–H and O–H groups in total. The molecular weight excluding hydrogens is 332 g/mol. The van der Waals surface area contributed by atoms with Crippen molar-refractivity contribution in [2.24, 2.45) is 0 Å². The molecule has 26 heavy (non-hydrogen) atoms. The molecule has 0 bridgehead atoms. The van der Waals surface area contributed by atoms with E-state index in [1.165, 1.54) is 31.1 Å². The second-order valence-electron chi connectivity index (χ2n) is 5.86. The number of unbranched alkanes of at least 4 members (excludes halogenated alkanes) is 3. The lowest BCUT2D eigenvalue weighted by Crippen LogP contribution is -2.07. The Hall–Kier alpha value is -2.95. The fraction of sp³-hybridized carbons (Fsp3) is 0.286. The van der Waals surface area contributed by atoms with Gasteiger partial charge in [0.15, 0.2) is 11.5 Å². The minimum atomic E-state index is -1.22. The van der Waals surface area contributed by atoms with Crippen molar-refractivity contribution in [2.75, 3.05) is 6.61 Å². The zero-order valence-corrected chi connectivity index (χ0v) is 14.9. The number of ether oxygens (including phenoxy) is 2. The number of aromatic hydroxyl groups is 1. The summed E-state index contributed by atoms with van der Waals surface area (Å²) in [5, 5.41) is 19.0. The largest absolute Gasteiger partial charge is 0.504 e. The molecule has 0 aromatic heterocycles. The number of rotatable bonds is 10. The number of phenols is 1. The van der Waals surface area contributed by atoms with Crippen LogP contribution in [0.25, 0.3) is 6.08 Å². The fourth-order valence-electron chi connectivity index (χ4n) is 2.33. The molecule has 0 fully saturated rings. The summed E-state index contributed by atoms with van der Waals surface area (Å²) in [6.45, 7) is 2.84. The van der Waals surface area contributed by atoms with Crippen molar-refractivity contribution in [1.29, 1.82) is 0 Å². The van der Waals surface area contributed by atoms with Crippen LogP contribution in [0.4, 0.5) is 0 Å². The lowest BCUT2D eigenvalue weighted by Gasteiger charge is -2.09. The van der Waals surface area contributed by atoms with Crippen LogP contribution in [0.15, 0.2) is 54.3 Å². The van der Waals surface area contributed by atoms with E-state index in [-0.39, 0.29) is 17.3 Å². The number of aliphatic carboxylic acids is 1. The van der Waals surface area contributed by atoms with E-state index in [9.17, 15) is 15.0 Å². The molecule has 0 spiro atoms. The quantitative estimate of drug-likeness (QED) is 0.361. The van der Waals surface area contributed by atoms with Crippen LogP contribution in [0.2, 0.25) is 0 Å². The second kappa shape index (κ2) is 10.1. The normalized spacial score (nSPS) is 11.2. The maximum atomic E-state index is 11.4. The minimum Gasteiger partial charge on any atom is -0.504 e. The van der Waals surface area contributed by atoms with E-state index in [1.807, 2.05) is 0 Å². The van der Waals surface area contributed by atoms with Crippen molar-refractivity contribution in [3.8, 4) is 17.2 Å². The summed E-state index contributed by atoms with van der Waals surface area (Å²) in [6, 6.07) is 13.3. The van der Waals surface area contributed by atoms with Gasteiger partial charge < -0.3 is 19.7 Å². The molecule has 2 aromatic carbocycles. The van der Waals surface area contributed by atoms with Crippen LogP contribution >= 0.6 is 0 Å². The first-order valence-corrected chi connectivity index (χ1v) is 8.74. The maximum absolute atomic E-state index is 11.4. The molecule has 0 aliphatic heterocycles. The van der Waals surface area contributed by atoms with Crippen molar-refractivity contribution < 1.29 is 24.5 Å². The molecule has 0 aliphatic rings. The predicted octanol–water partition coefficient (Wildman–Crippen LogP) is 4.86. The van der Waals surface area contributed by atoms with Gasteiger partial charge in [-0.1, -0.05) is 50.5 Å². The Kier molecular flexibility index (Phi) is 7.55. The Morgan fingerprint density at radius 2 is 1.77 bits per heavy atom. The van der Waals surface area contributed by atoms with Crippen LogP contribution in [0, 0.1) is 0 Å². The average molecular weight is 356 g/mol. The number of hydrogen-bond acceptors (Lipinski definition) is 4. The Morgan fingerprint density at radius 1 is 1.04 bits per heavy atom. The molecular formula is C21H24O5. The van der Waals surface area contributed by atoms with Gasteiger partial charge in [-0.25, -0.2) is 4.79 Å². The lowest BCUT2D eigenvalue weighted by atomic mass is 10.2. The molecule has 0 aliphatic carbocycles. The Bertz CT molecular complexity index is 734. The Morgan fingerprint density at radius 3 is 2.42 bits per heavy atom. The lowest BCUT2D eigenvalue weighted by molar-refractivity contribution is -0.134. The minimum absolute atomic E-state index is 0.0909. The number of benzene rings is 2. The predicted molar refractivity (Wildman–Crippen MR) is 100 cm³/mol. The van der Waals surface area contributed by atoms with Crippen LogP contribution in [-0.4, -0.2) is 22.8 Å². The number of para-hydroxylation sites is 2. The van der Waals surface area contributed by atoms with Crippen LogP contribution in [-0.2, 0) is 4.79 Å². The van der Waals surface area contributed by atoms with Gasteiger partial charge >= 0.3 is 5.97 Å². The highest BCUT2D eigenvalue weighted by Gasteiger charge is 2.12. The van der Waals surface area contributed by atoms with Crippen molar-refractivity contribution in [2.45, 2.75) is 32.6 Å². The average Bonchev–Trinajstić information content (AvgIpc) is 2.64. The van der Waals surface area contributed by atoms with Gasteiger partial charge in [0, 0.05) is 0 Å². The summed E-state index contributed by atoms with van der Waals surface area (Å²) in [4.78, 5) is 11.4. The van der Waals surface area contributed by atoms with Gasteiger partial charge in [-0.3, -0.25) is 0 Å². The molecule has 138 valence electrons. The standard InChI is InChI=1S/C21H24O5/c1-2-3-4-7-14-25-17-12-10-16(11-13-17)15-20(21(23)24)26-19-9-6-5-8-18(19)22/h5-6,8-13,15,22H,2-4,7,14H2,1H3,(H,23,24). The second-order valence-corrected chi connectivity index (χ2v) is 5.86. The zero-order chi connectivity index (χ0) is 18.8. The number of hydrogen-bond donors (Lipinski definition) is 2. The first kappa shape index (κ1) is 19.4. The summed E-state index contributed by atoms with van der Waals surface area (Å²) < 4.78 is 11.0. The SMILES string of the molecule is CCCCCCOc1ccc(C=C(Oc2ccccc2O)C(=O)O)cc1. The number of carboxylic acids is 1. The van der Waals surface area contributed by atoms with Crippen LogP contribution in [0.5, 0.6) is 17.2 Å². The first-order chi connectivity index (χ1) is 12.6. The Balaban J connectivity index is 2.01. The highest BCUT2D eigenvalue weighted by molar-refractivity contribution is 5.90. The molecule has 0 radical (unpaired) electrons. The molecule has 0 amide bonds. The maximum Gasteiger partial charge on any atom is 0.371 e. The number of phenolic OH excluding ortho intramolecular Hbond substituents is 1.